The Morgan fingerprint density at radius 1 is 1.25 bits per heavy atom. The molecule has 0 aliphatic heterocycles. The van der Waals surface area contributed by atoms with Gasteiger partial charge in [-0.15, -0.1) is 0 Å². The molecule has 1 heterocycles. The Bertz CT molecular complexity index is 550. The van der Waals surface area contributed by atoms with Crippen LogP contribution in [0, 0.1) is 11.8 Å². The van der Waals surface area contributed by atoms with E-state index in [0.29, 0.717) is 6.04 Å². The minimum absolute atomic E-state index is 0.573. The average molecular weight is 270 g/mol. The van der Waals surface area contributed by atoms with Gasteiger partial charge in [0.2, 0.25) is 0 Å². The molecule has 1 aliphatic rings. The predicted molar refractivity (Wildman–Crippen MR) is 81.5 cm³/mol. The Hall–Kier alpha value is -1.77. The number of benzene rings is 1. The van der Waals surface area contributed by atoms with Gasteiger partial charge in [-0.25, -0.2) is 4.98 Å². The molecule has 106 valence electrons. The van der Waals surface area contributed by atoms with E-state index in [1.54, 1.807) is 6.20 Å². The van der Waals surface area contributed by atoms with Gasteiger partial charge in [0, 0.05) is 17.3 Å². The summed E-state index contributed by atoms with van der Waals surface area (Å²) in [6, 6.07) is 8.97. The van der Waals surface area contributed by atoms with E-state index in [-0.39, 0.29) is 0 Å². The first-order valence-corrected chi connectivity index (χ1v) is 7.48. The largest absolute Gasteiger partial charge is 0.444 e. The highest BCUT2D eigenvalue weighted by molar-refractivity contribution is 5.63. The lowest BCUT2D eigenvalue weighted by Crippen LogP contribution is -2.33. The van der Waals surface area contributed by atoms with Gasteiger partial charge in [0.25, 0.3) is 0 Å². The van der Waals surface area contributed by atoms with E-state index in [0.717, 1.165) is 23.2 Å². The smallest absolute Gasteiger partial charge is 0.181 e. The van der Waals surface area contributed by atoms with Crippen molar-refractivity contribution in [1.29, 1.82) is 0 Å². The first-order chi connectivity index (χ1) is 9.72. The number of nitrogens with one attached hydrogen (secondary N) is 1. The summed E-state index contributed by atoms with van der Waals surface area (Å²) < 4.78 is 5.36. The Balaban J connectivity index is 1.76. The van der Waals surface area contributed by atoms with Gasteiger partial charge in [-0.1, -0.05) is 32.4 Å². The highest BCUT2D eigenvalue weighted by Gasteiger charge is 2.25. The van der Waals surface area contributed by atoms with Crippen LogP contribution in [-0.4, -0.2) is 11.0 Å². The monoisotopic (exact) mass is 270 g/mol. The molecule has 1 fully saturated rings. The van der Waals surface area contributed by atoms with Crippen molar-refractivity contribution in [3.05, 3.63) is 36.9 Å². The number of hydrogen-bond acceptors (Lipinski definition) is 3. The van der Waals surface area contributed by atoms with Crippen LogP contribution in [0.25, 0.3) is 11.3 Å². The van der Waals surface area contributed by atoms with Crippen molar-refractivity contribution in [2.75, 3.05) is 5.32 Å². The lowest BCUT2D eigenvalue weighted by Gasteiger charge is -2.34. The van der Waals surface area contributed by atoms with Crippen molar-refractivity contribution in [3.63, 3.8) is 0 Å². The van der Waals surface area contributed by atoms with Crippen LogP contribution in [0.5, 0.6) is 0 Å². The second-order valence-electron chi connectivity index (χ2n) is 6.09. The maximum Gasteiger partial charge on any atom is 0.181 e. The molecule has 1 aromatic heterocycles. The van der Waals surface area contributed by atoms with E-state index in [1.807, 2.05) is 0 Å². The van der Waals surface area contributed by atoms with Gasteiger partial charge in [-0.2, -0.15) is 0 Å². The molecule has 1 aromatic carbocycles. The fraction of sp³-hybridized carbons (Fsp3) is 0.471. The van der Waals surface area contributed by atoms with Crippen molar-refractivity contribution in [1.82, 2.24) is 4.98 Å². The van der Waals surface area contributed by atoms with E-state index >= 15 is 0 Å². The fourth-order valence-corrected chi connectivity index (χ4v) is 3.07. The summed E-state index contributed by atoms with van der Waals surface area (Å²) >= 11 is 0. The molecule has 0 radical (unpaired) electrons. The summed E-state index contributed by atoms with van der Waals surface area (Å²) in [4.78, 5) is 3.98. The van der Waals surface area contributed by atoms with Gasteiger partial charge in [0.05, 0.1) is 6.20 Å². The molecule has 0 saturated heterocycles. The average Bonchev–Trinajstić information content (AvgIpc) is 2.97. The van der Waals surface area contributed by atoms with E-state index in [4.69, 9.17) is 4.42 Å². The number of oxazole rings is 1. The zero-order valence-electron chi connectivity index (χ0n) is 12.2. The van der Waals surface area contributed by atoms with Crippen molar-refractivity contribution < 1.29 is 4.42 Å². The molecule has 1 N–H and O–H groups in total. The van der Waals surface area contributed by atoms with Gasteiger partial charge in [0.1, 0.15) is 0 Å². The summed E-state index contributed by atoms with van der Waals surface area (Å²) in [5.41, 5.74) is 2.24. The highest BCUT2D eigenvalue weighted by atomic mass is 16.3. The number of nitrogens with zero attached hydrogens (tertiary/aromatic N) is 1. The van der Waals surface area contributed by atoms with E-state index < -0.39 is 0 Å². The lowest BCUT2D eigenvalue weighted by atomic mass is 9.80. The molecule has 2 aromatic rings. The highest BCUT2D eigenvalue weighted by Crippen LogP contribution is 2.31. The summed E-state index contributed by atoms with van der Waals surface area (Å²) in [6.45, 7) is 4.70. The molecule has 0 amide bonds. The minimum atomic E-state index is 0.573. The second kappa shape index (κ2) is 5.70. The topological polar surface area (TPSA) is 38.1 Å². The quantitative estimate of drug-likeness (QED) is 0.887. The third-order valence-electron chi connectivity index (χ3n) is 4.39. The van der Waals surface area contributed by atoms with Crippen molar-refractivity contribution in [2.24, 2.45) is 11.8 Å². The van der Waals surface area contributed by atoms with Gasteiger partial charge in [0.15, 0.2) is 12.2 Å². The summed E-state index contributed by atoms with van der Waals surface area (Å²) in [7, 11) is 0. The molecule has 1 saturated carbocycles. The van der Waals surface area contributed by atoms with Crippen LogP contribution in [0.1, 0.15) is 33.1 Å². The summed E-state index contributed by atoms with van der Waals surface area (Å²) in [5, 5.41) is 3.70. The number of anilines is 1. The normalized spacial score (nSPS) is 26.4. The van der Waals surface area contributed by atoms with E-state index in [1.165, 1.54) is 31.3 Å². The van der Waals surface area contributed by atoms with Crippen molar-refractivity contribution >= 4 is 5.69 Å². The molecule has 3 nitrogen and oxygen atoms in total. The molecular formula is C17H22N2O. The molecule has 1 aliphatic carbocycles. The van der Waals surface area contributed by atoms with Crippen LogP contribution in [0.2, 0.25) is 0 Å². The lowest BCUT2D eigenvalue weighted by molar-refractivity contribution is 0.281. The minimum Gasteiger partial charge on any atom is -0.444 e. The Kier molecular flexibility index (Phi) is 3.77. The van der Waals surface area contributed by atoms with Crippen LogP contribution < -0.4 is 5.32 Å². The third kappa shape index (κ3) is 2.87. The zero-order valence-corrected chi connectivity index (χ0v) is 12.2. The van der Waals surface area contributed by atoms with Crippen LogP contribution in [0.3, 0.4) is 0 Å². The Morgan fingerprint density at radius 2 is 2.15 bits per heavy atom. The number of hydrogen-bond donors (Lipinski definition) is 1. The molecule has 0 spiro atoms. The molecule has 3 rings (SSSR count). The SMILES string of the molecule is CC1CCC(C)C(Nc2cccc(-c3cnco3)c2)C1. The van der Waals surface area contributed by atoms with Crippen LogP contribution in [0.4, 0.5) is 5.69 Å². The first kappa shape index (κ1) is 13.2. The van der Waals surface area contributed by atoms with Crippen molar-refractivity contribution in [3.8, 4) is 11.3 Å². The number of rotatable bonds is 3. The van der Waals surface area contributed by atoms with E-state index in [2.05, 4.69) is 48.4 Å². The third-order valence-corrected chi connectivity index (χ3v) is 4.39. The molecular weight excluding hydrogens is 248 g/mol. The molecule has 3 unspecified atom stereocenters. The van der Waals surface area contributed by atoms with Gasteiger partial charge >= 0.3 is 0 Å². The maximum atomic E-state index is 5.36. The maximum absolute atomic E-state index is 5.36. The molecule has 3 atom stereocenters. The predicted octanol–water partition coefficient (Wildman–Crippen LogP) is 4.58. The number of aromatic nitrogens is 1. The Morgan fingerprint density at radius 3 is 2.95 bits per heavy atom. The van der Waals surface area contributed by atoms with Crippen molar-refractivity contribution in [2.45, 2.75) is 39.2 Å². The van der Waals surface area contributed by atoms with Gasteiger partial charge in [-0.3, -0.25) is 0 Å². The second-order valence-corrected chi connectivity index (χ2v) is 6.09. The first-order valence-electron chi connectivity index (χ1n) is 7.48. The summed E-state index contributed by atoms with van der Waals surface area (Å²) in [6.07, 6.45) is 7.16. The fourth-order valence-electron chi connectivity index (χ4n) is 3.07. The van der Waals surface area contributed by atoms with Gasteiger partial charge < -0.3 is 9.73 Å². The summed E-state index contributed by atoms with van der Waals surface area (Å²) in [5.74, 6) is 2.38. The van der Waals surface area contributed by atoms with Crippen LogP contribution in [0.15, 0.2) is 41.3 Å². The van der Waals surface area contributed by atoms with Crippen LogP contribution in [-0.2, 0) is 0 Å². The van der Waals surface area contributed by atoms with Gasteiger partial charge in [-0.05, 0) is 36.8 Å². The Labute approximate surface area is 120 Å². The molecule has 20 heavy (non-hydrogen) atoms. The molecule has 0 bridgehead atoms. The molecule has 3 heteroatoms. The standard InChI is InChI=1S/C17H22N2O/c1-12-6-7-13(2)16(8-12)19-15-5-3-4-14(9-15)17-10-18-11-20-17/h3-5,9-13,16,19H,6-8H2,1-2H3. The zero-order chi connectivity index (χ0) is 13.9. The van der Waals surface area contributed by atoms with Crippen LogP contribution >= 0.6 is 0 Å². The van der Waals surface area contributed by atoms with E-state index in [9.17, 15) is 0 Å².